The Morgan fingerprint density at radius 3 is 1.97 bits per heavy atom. The second kappa shape index (κ2) is 12.0. The highest BCUT2D eigenvalue weighted by molar-refractivity contribution is 8.14. The zero-order chi connectivity index (χ0) is 28.3. The highest BCUT2D eigenvalue weighted by atomic mass is 32.2. The second-order valence-electron chi connectivity index (χ2n) is 12.3. The third kappa shape index (κ3) is 6.31. The number of Topliss-reactive ketones (excluding diaryl/α,β-unsaturated/α-hetero) is 1. The molecular weight excluding hydrogens is 515 g/mol. The molecule has 0 N–H and O–H groups in total. The van der Waals surface area contributed by atoms with E-state index >= 15 is 0 Å². The summed E-state index contributed by atoms with van der Waals surface area (Å²) in [7, 11) is -2.86. The molecule has 0 saturated carbocycles. The van der Waals surface area contributed by atoms with E-state index < -0.39 is 14.4 Å². The highest BCUT2D eigenvalue weighted by Crippen LogP contribution is 2.40. The molecule has 0 bridgehead atoms. The third-order valence-corrected chi connectivity index (χ3v) is 13.9. The van der Waals surface area contributed by atoms with Gasteiger partial charge in [0.05, 0.1) is 17.0 Å². The van der Waals surface area contributed by atoms with Crippen molar-refractivity contribution >= 4 is 41.3 Å². The van der Waals surface area contributed by atoms with Crippen molar-refractivity contribution in [1.29, 1.82) is 0 Å². The minimum absolute atomic E-state index is 0.0387. The fraction of sp³-hybridized carbons (Fsp3) is 0.412. The molecule has 1 aliphatic heterocycles. The van der Waals surface area contributed by atoms with Crippen molar-refractivity contribution in [3.8, 4) is 0 Å². The van der Waals surface area contributed by atoms with Crippen molar-refractivity contribution in [2.24, 2.45) is 10.9 Å². The first-order chi connectivity index (χ1) is 18.5. The van der Waals surface area contributed by atoms with E-state index in [1.54, 1.807) is 11.8 Å². The van der Waals surface area contributed by atoms with Crippen LogP contribution in [0, 0.1) is 12.8 Å². The van der Waals surface area contributed by atoms with Crippen molar-refractivity contribution < 1.29 is 9.22 Å². The fourth-order valence-corrected chi connectivity index (χ4v) is 11.7. The van der Waals surface area contributed by atoms with Gasteiger partial charge in [0.1, 0.15) is 6.10 Å². The largest absolute Gasteiger partial charge is 0.397 e. The standard InChI is InChI=1S/C34H43NO2SSi/c1-25(2)32(30(36)24-31-35-34(7,22-23-38-31)27-20-18-26(3)19-21-27)37-39(33(4,5)6,28-14-10-8-11-15-28)29-16-12-9-13-17-29/h8-21,25,32H,22-24H2,1-7H3/t32-,34?/m0/s1. The van der Waals surface area contributed by atoms with Crippen LogP contribution in [0.1, 0.15) is 65.5 Å². The maximum Gasteiger partial charge on any atom is 0.262 e. The number of aliphatic imine (C=N–C) groups is 1. The van der Waals surface area contributed by atoms with Crippen LogP contribution in [0.15, 0.2) is 89.9 Å². The van der Waals surface area contributed by atoms with Crippen molar-refractivity contribution in [3.63, 3.8) is 0 Å². The summed E-state index contributed by atoms with van der Waals surface area (Å²) >= 11 is 1.72. The molecule has 4 rings (SSSR count). The molecule has 3 aromatic carbocycles. The molecule has 0 spiro atoms. The number of carbonyl (C=O) groups is 1. The average Bonchev–Trinajstić information content (AvgIpc) is 2.89. The molecule has 206 valence electrons. The lowest BCUT2D eigenvalue weighted by Gasteiger charge is -2.45. The van der Waals surface area contributed by atoms with Crippen molar-refractivity contribution in [3.05, 3.63) is 96.1 Å². The lowest BCUT2D eigenvalue weighted by molar-refractivity contribution is -0.126. The minimum Gasteiger partial charge on any atom is -0.397 e. The zero-order valence-corrected chi connectivity index (χ0v) is 26.3. The van der Waals surface area contributed by atoms with Crippen LogP contribution in [-0.4, -0.2) is 31.0 Å². The van der Waals surface area contributed by atoms with Crippen LogP contribution in [0.2, 0.25) is 5.04 Å². The number of thioether (sulfide) groups is 1. The number of carbonyl (C=O) groups excluding carboxylic acids is 1. The van der Waals surface area contributed by atoms with Crippen LogP contribution in [-0.2, 0) is 14.8 Å². The fourth-order valence-electron chi connectivity index (χ4n) is 5.65. The summed E-state index contributed by atoms with van der Waals surface area (Å²) in [6, 6.07) is 29.8. The zero-order valence-electron chi connectivity index (χ0n) is 24.5. The minimum atomic E-state index is -2.86. The van der Waals surface area contributed by atoms with Gasteiger partial charge in [-0.25, -0.2) is 0 Å². The van der Waals surface area contributed by atoms with E-state index in [0.717, 1.165) is 17.2 Å². The maximum absolute atomic E-state index is 14.1. The number of rotatable bonds is 9. The first kappa shape index (κ1) is 29.5. The van der Waals surface area contributed by atoms with E-state index in [1.807, 2.05) is 12.1 Å². The number of hydrogen-bond acceptors (Lipinski definition) is 4. The SMILES string of the molecule is Cc1ccc(C2(C)CCSC(CC(=O)[C@@H](O[Si](c3ccccc3)(c3ccccc3)C(C)(C)C)C(C)C)=N2)cc1. The summed E-state index contributed by atoms with van der Waals surface area (Å²) in [5, 5.41) is 3.12. The first-order valence-electron chi connectivity index (χ1n) is 14.1. The summed E-state index contributed by atoms with van der Waals surface area (Å²) in [4.78, 5) is 19.3. The molecule has 0 fully saturated rings. The van der Waals surface area contributed by atoms with E-state index in [-0.39, 0.29) is 22.3 Å². The van der Waals surface area contributed by atoms with E-state index in [4.69, 9.17) is 9.42 Å². The Bertz CT molecular complexity index is 1240. The molecular formula is C34H43NO2SSi. The molecule has 0 aliphatic carbocycles. The summed E-state index contributed by atoms with van der Waals surface area (Å²) in [5.74, 6) is 1.12. The molecule has 3 aromatic rings. The van der Waals surface area contributed by atoms with Gasteiger partial charge in [0.2, 0.25) is 0 Å². The molecule has 5 heteroatoms. The van der Waals surface area contributed by atoms with Crippen LogP contribution >= 0.6 is 11.8 Å². The summed E-state index contributed by atoms with van der Waals surface area (Å²) in [5.41, 5.74) is 2.15. The van der Waals surface area contributed by atoms with Crippen LogP contribution < -0.4 is 10.4 Å². The summed E-state index contributed by atoms with van der Waals surface area (Å²) in [6.07, 6.45) is 0.754. The number of ketones is 1. The van der Waals surface area contributed by atoms with E-state index in [2.05, 4.69) is 121 Å². The monoisotopic (exact) mass is 557 g/mol. The van der Waals surface area contributed by atoms with Gasteiger partial charge in [-0.05, 0) is 47.2 Å². The number of benzene rings is 3. The first-order valence-corrected chi connectivity index (χ1v) is 17.0. The van der Waals surface area contributed by atoms with Gasteiger partial charge in [0.15, 0.2) is 5.78 Å². The number of aryl methyl sites for hydroxylation is 1. The Morgan fingerprint density at radius 1 is 0.949 bits per heavy atom. The smallest absolute Gasteiger partial charge is 0.262 e. The Labute approximate surface area is 240 Å². The van der Waals surface area contributed by atoms with E-state index in [1.165, 1.54) is 21.5 Å². The molecule has 1 heterocycles. The van der Waals surface area contributed by atoms with Gasteiger partial charge in [-0.15, -0.1) is 11.8 Å². The number of hydrogen-bond donors (Lipinski definition) is 0. The Hall–Kier alpha value is -2.47. The van der Waals surface area contributed by atoms with E-state index in [9.17, 15) is 4.79 Å². The Balaban J connectivity index is 1.70. The summed E-state index contributed by atoms with van der Waals surface area (Å²) < 4.78 is 7.31. The lowest BCUT2D eigenvalue weighted by atomic mass is 9.89. The molecule has 1 unspecified atom stereocenters. The van der Waals surface area contributed by atoms with Crippen molar-refractivity contribution in [2.45, 2.75) is 78.0 Å². The Kier molecular flexibility index (Phi) is 9.04. The van der Waals surface area contributed by atoms with Gasteiger partial charge >= 0.3 is 0 Å². The third-order valence-electron chi connectivity index (χ3n) is 7.87. The molecule has 3 nitrogen and oxygen atoms in total. The maximum atomic E-state index is 14.1. The average molecular weight is 558 g/mol. The number of nitrogens with zero attached hydrogens (tertiary/aromatic N) is 1. The topological polar surface area (TPSA) is 38.7 Å². The van der Waals surface area contributed by atoms with Crippen LogP contribution in [0.25, 0.3) is 0 Å². The van der Waals surface area contributed by atoms with Crippen LogP contribution in [0.4, 0.5) is 0 Å². The van der Waals surface area contributed by atoms with Gasteiger partial charge in [-0.2, -0.15) is 0 Å². The highest BCUT2D eigenvalue weighted by Gasteiger charge is 2.52. The lowest BCUT2D eigenvalue weighted by Crippen LogP contribution is -2.68. The van der Waals surface area contributed by atoms with E-state index in [0.29, 0.717) is 6.42 Å². The molecule has 0 amide bonds. The van der Waals surface area contributed by atoms with Gasteiger partial charge in [0.25, 0.3) is 8.32 Å². The second-order valence-corrected chi connectivity index (χ2v) is 17.8. The van der Waals surface area contributed by atoms with Crippen molar-refractivity contribution in [2.75, 3.05) is 5.75 Å². The molecule has 2 atom stereocenters. The van der Waals surface area contributed by atoms with Crippen LogP contribution in [0.5, 0.6) is 0 Å². The molecule has 1 aliphatic rings. The summed E-state index contributed by atoms with van der Waals surface area (Å²) in [6.45, 7) is 15.3. The van der Waals surface area contributed by atoms with Gasteiger partial charge in [-0.1, -0.05) is 125 Å². The molecule has 0 radical (unpaired) electrons. The van der Waals surface area contributed by atoms with Crippen molar-refractivity contribution in [1.82, 2.24) is 0 Å². The molecule has 39 heavy (non-hydrogen) atoms. The molecule has 0 saturated heterocycles. The Morgan fingerprint density at radius 2 is 1.49 bits per heavy atom. The predicted octanol–water partition coefficient (Wildman–Crippen LogP) is 7.31. The van der Waals surface area contributed by atoms with Gasteiger partial charge in [-0.3, -0.25) is 9.79 Å². The van der Waals surface area contributed by atoms with Gasteiger partial charge in [0, 0.05) is 5.75 Å². The molecule has 0 aromatic heterocycles. The van der Waals surface area contributed by atoms with Gasteiger partial charge < -0.3 is 4.43 Å². The quantitative estimate of drug-likeness (QED) is 0.259. The normalized spacial score (nSPS) is 19.0. The van der Waals surface area contributed by atoms with Crippen LogP contribution in [0.3, 0.4) is 0 Å². The predicted molar refractivity (Wildman–Crippen MR) is 170 cm³/mol.